The number of H-pyrrole nitrogens is 1. The SMILES string of the molecule is Cc1ccc(S(=O)(=O)n2c(C(=O)c3cnn(-c4ccc5nc(C)[nH]c5c4)c3N)cc3cc(CN4CCOC[C@H]4C)ccc32)cc1. The number of morpholine rings is 1. The molecule has 7 rings (SSSR count). The number of rotatable bonds is 7. The molecule has 0 spiro atoms. The van der Waals surface area contributed by atoms with Crippen LogP contribution in [0.25, 0.3) is 27.6 Å². The largest absolute Gasteiger partial charge is 0.383 e. The van der Waals surface area contributed by atoms with Crippen LogP contribution in [-0.4, -0.2) is 68.6 Å². The molecule has 1 aliphatic heterocycles. The maximum atomic E-state index is 14.2. The number of nitrogen functional groups attached to an aromatic ring is 1. The summed E-state index contributed by atoms with van der Waals surface area (Å²) in [4.78, 5) is 24.3. The van der Waals surface area contributed by atoms with E-state index in [2.05, 4.69) is 26.9 Å². The Bertz CT molecular complexity index is 2200. The van der Waals surface area contributed by atoms with Gasteiger partial charge in [-0.05, 0) is 74.9 Å². The van der Waals surface area contributed by atoms with E-state index in [9.17, 15) is 13.2 Å². The number of nitrogens with one attached hydrogen (secondary N) is 1. The topological polar surface area (TPSA) is 141 Å². The lowest BCUT2D eigenvalue weighted by Gasteiger charge is -2.33. The van der Waals surface area contributed by atoms with Crippen molar-refractivity contribution < 1.29 is 17.9 Å². The van der Waals surface area contributed by atoms with Crippen LogP contribution < -0.4 is 5.73 Å². The Morgan fingerprint density at radius 2 is 1.87 bits per heavy atom. The molecule has 4 heterocycles. The summed E-state index contributed by atoms with van der Waals surface area (Å²) in [5.41, 5.74) is 11.2. The van der Waals surface area contributed by atoms with Crippen LogP contribution in [0, 0.1) is 13.8 Å². The average molecular weight is 624 g/mol. The fourth-order valence-electron chi connectivity index (χ4n) is 5.94. The number of ether oxygens (including phenoxy) is 1. The normalized spacial score (nSPS) is 16.1. The summed E-state index contributed by atoms with van der Waals surface area (Å²) in [7, 11) is -4.16. The van der Waals surface area contributed by atoms with Gasteiger partial charge in [0.2, 0.25) is 5.78 Å². The summed E-state index contributed by atoms with van der Waals surface area (Å²) in [5.74, 6) is 0.325. The van der Waals surface area contributed by atoms with Gasteiger partial charge in [-0.2, -0.15) is 5.10 Å². The summed E-state index contributed by atoms with van der Waals surface area (Å²) in [6.45, 7) is 8.70. The molecular weight excluding hydrogens is 590 g/mol. The summed E-state index contributed by atoms with van der Waals surface area (Å²) in [6, 6.07) is 19.6. The summed E-state index contributed by atoms with van der Waals surface area (Å²) in [5, 5.41) is 5.05. The minimum atomic E-state index is -4.16. The number of carbonyl (C=O) groups excluding carboxylic acids is 1. The number of ketones is 1. The third-order valence-electron chi connectivity index (χ3n) is 8.38. The second kappa shape index (κ2) is 11.0. The molecule has 3 aromatic carbocycles. The number of aryl methyl sites for hydroxylation is 2. The molecule has 230 valence electrons. The fraction of sp³-hybridized carbons (Fsp3) is 0.242. The Hall–Kier alpha value is -4.78. The number of benzene rings is 3. The van der Waals surface area contributed by atoms with Crippen LogP contribution in [0.4, 0.5) is 5.82 Å². The Balaban J connectivity index is 1.33. The number of hydrogen-bond acceptors (Lipinski definition) is 8. The van der Waals surface area contributed by atoms with E-state index in [0.717, 1.165) is 38.5 Å². The van der Waals surface area contributed by atoms with Crippen molar-refractivity contribution >= 4 is 43.6 Å². The van der Waals surface area contributed by atoms with Crippen LogP contribution in [0.1, 0.15) is 39.9 Å². The van der Waals surface area contributed by atoms with Crippen molar-refractivity contribution in [2.75, 3.05) is 25.5 Å². The lowest BCUT2D eigenvalue weighted by Crippen LogP contribution is -2.42. The number of fused-ring (bicyclic) bond motifs is 2. The average Bonchev–Trinajstić information content (AvgIpc) is 3.71. The summed E-state index contributed by atoms with van der Waals surface area (Å²) in [6.07, 6.45) is 1.38. The molecule has 0 saturated carbocycles. The first-order valence-electron chi connectivity index (χ1n) is 14.7. The van der Waals surface area contributed by atoms with E-state index in [-0.39, 0.29) is 28.0 Å². The summed E-state index contributed by atoms with van der Waals surface area (Å²) < 4.78 is 36.6. The van der Waals surface area contributed by atoms with Gasteiger partial charge in [0.15, 0.2) is 0 Å². The van der Waals surface area contributed by atoms with Gasteiger partial charge in [-0.25, -0.2) is 22.1 Å². The van der Waals surface area contributed by atoms with Gasteiger partial charge < -0.3 is 15.5 Å². The van der Waals surface area contributed by atoms with Gasteiger partial charge in [-0.3, -0.25) is 9.69 Å². The molecule has 12 heteroatoms. The van der Waals surface area contributed by atoms with E-state index in [1.807, 2.05) is 44.2 Å². The van der Waals surface area contributed by atoms with Crippen LogP contribution in [0.5, 0.6) is 0 Å². The molecule has 0 aliphatic carbocycles. The second-order valence-electron chi connectivity index (χ2n) is 11.6. The maximum absolute atomic E-state index is 14.2. The Labute approximate surface area is 260 Å². The van der Waals surface area contributed by atoms with Gasteiger partial charge in [-0.15, -0.1) is 0 Å². The zero-order chi connectivity index (χ0) is 31.5. The number of hydrogen-bond donors (Lipinski definition) is 2. The lowest BCUT2D eigenvalue weighted by molar-refractivity contribution is -0.00435. The first-order valence-corrected chi connectivity index (χ1v) is 16.2. The predicted molar refractivity (Wildman–Crippen MR) is 172 cm³/mol. The van der Waals surface area contributed by atoms with Gasteiger partial charge in [0.05, 0.1) is 52.1 Å². The van der Waals surface area contributed by atoms with Crippen molar-refractivity contribution in [3.8, 4) is 5.69 Å². The maximum Gasteiger partial charge on any atom is 0.268 e. The smallest absolute Gasteiger partial charge is 0.268 e. The van der Waals surface area contributed by atoms with E-state index in [1.165, 1.54) is 10.9 Å². The minimum Gasteiger partial charge on any atom is -0.383 e. The van der Waals surface area contributed by atoms with E-state index >= 15 is 0 Å². The van der Waals surface area contributed by atoms with Crippen LogP contribution in [0.15, 0.2) is 77.8 Å². The third-order valence-corrected chi connectivity index (χ3v) is 10.1. The lowest BCUT2D eigenvalue weighted by atomic mass is 10.1. The number of nitrogens with two attached hydrogens (primary N) is 1. The van der Waals surface area contributed by atoms with Crippen LogP contribution in [0.2, 0.25) is 0 Å². The molecule has 1 saturated heterocycles. The van der Waals surface area contributed by atoms with E-state index in [4.69, 9.17) is 10.5 Å². The van der Waals surface area contributed by atoms with E-state index in [0.29, 0.717) is 36.3 Å². The molecule has 3 N–H and O–H groups in total. The number of carbonyl (C=O) groups is 1. The molecule has 6 aromatic rings. The van der Waals surface area contributed by atoms with Gasteiger partial charge in [-0.1, -0.05) is 23.8 Å². The van der Waals surface area contributed by atoms with Crippen LogP contribution in [0.3, 0.4) is 0 Å². The molecule has 0 bridgehead atoms. The number of aromatic amines is 1. The zero-order valence-electron chi connectivity index (χ0n) is 25.2. The van der Waals surface area contributed by atoms with Crippen molar-refractivity contribution in [3.05, 3.63) is 101 Å². The van der Waals surface area contributed by atoms with E-state index < -0.39 is 15.8 Å². The Morgan fingerprint density at radius 1 is 1.07 bits per heavy atom. The highest BCUT2D eigenvalue weighted by atomic mass is 32.2. The van der Waals surface area contributed by atoms with Crippen molar-refractivity contribution in [2.24, 2.45) is 0 Å². The van der Waals surface area contributed by atoms with Gasteiger partial charge in [0.25, 0.3) is 10.0 Å². The summed E-state index contributed by atoms with van der Waals surface area (Å²) >= 11 is 0. The number of nitrogens with zero attached hydrogens (tertiary/aromatic N) is 5. The Morgan fingerprint density at radius 3 is 2.64 bits per heavy atom. The van der Waals surface area contributed by atoms with Crippen molar-refractivity contribution in [3.63, 3.8) is 0 Å². The molecule has 1 fully saturated rings. The molecule has 1 atom stereocenters. The standard InChI is InChI=1S/C33H33N7O4S/c1-20-4-8-26(9-5-20)45(42,43)40-30-11-6-23(18-38-12-13-44-19-21(38)2)14-24(30)15-31(40)32(41)27-17-35-39(33(27)34)25-7-10-28-29(16-25)37-22(3)36-28/h4-11,14-17,21H,12-13,18-19,34H2,1-3H3,(H,36,37)/t21-/m1/s1. The van der Waals surface area contributed by atoms with Gasteiger partial charge >= 0.3 is 0 Å². The first-order chi connectivity index (χ1) is 21.6. The minimum absolute atomic E-state index is 0.0200. The van der Waals surface area contributed by atoms with Crippen LogP contribution >= 0.6 is 0 Å². The molecule has 0 unspecified atom stereocenters. The van der Waals surface area contributed by atoms with Crippen LogP contribution in [-0.2, 0) is 21.3 Å². The number of imidazole rings is 1. The molecule has 3 aromatic heterocycles. The fourth-order valence-corrected chi connectivity index (χ4v) is 7.45. The molecule has 0 radical (unpaired) electrons. The highest BCUT2D eigenvalue weighted by molar-refractivity contribution is 7.90. The van der Waals surface area contributed by atoms with Crippen molar-refractivity contribution in [1.82, 2.24) is 28.6 Å². The molecule has 0 amide bonds. The third kappa shape index (κ3) is 5.10. The number of anilines is 1. The monoisotopic (exact) mass is 623 g/mol. The highest BCUT2D eigenvalue weighted by Crippen LogP contribution is 2.31. The Kier molecular flexibility index (Phi) is 7.07. The van der Waals surface area contributed by atoms with Gasteiger partial charge in [0.1, 0.15) is 17.3 Å². The van der Waals surface area contributed by atoms with E-state index in [1.54, 1.807) is 36.4 Å². The molecule has 45 heavy (non-hydrogen) atoms. The highest BCUT2D eigenvalue weighted by Gasteiger charge is 2.30. The van der Waals surface area contributed by atoms with Crippen molar-refractivity contribution in [1.29, 1.82) is 0 Å². The quantitative estimate of drug-likeness (QED) is 0.246. The molecule has 1 aliphatic rings. The van der Waals surface area contributed by atoms with Gasteiger partial charge in [0, 0.05) is 24.5 Å². The molecular formula is C33H33N7O4S. The first kappa shape index (κ1) is 29.0. The zero-order valence-corrected chi connectivity index (χ0v) is 26.0. The predicted octanol–water partition coefficient (Wildman–Crippen LogP) is 4.59. The number of aromatic nitrogens is 5. The molecule has 11 nitrogen and oxygen atoms in total. The van der Waals surface area contributed by atoms with Crippen molar-refractivity contribution in [2.45, 2.75) is 38.3 Å². The second-order valence-corrected chi connectivity index (χ2v) is 13.4.